The van der Waals surface area contributed by atoms with E-state index >= 15 is 0 Å². The molecule has 0 N–H and O–H groups in total. The molecular formula is C17H16N2O. The second-order valence-corrected chi connectivity index (χ2v) is 5.13. The van der Waals surface area contributed by atoms with Crippen LogP contribution in [0.1, 0.15) is 30.9 Å². The summed E-state index contributed by atoms with van der Waals surface area (Å²) in [5.41, 5.74) is 3.77. The highest BCUT2D eigenvalue weighted by molar-refractivity contribution is 5.74. The molecule has 20 heavy (non-hydrogen) atoms. The molecule has 3 rings (SSSR count). The number of anilines is 1. The average molecular weight is 264 g/mol. The van der Waals surface area contributed by atoms with E-state index < -0.39 is 0 Å². The highest BCUT2D eigenvalue weighted by Gasteiger charge is 2.23. The van der Waals surface area contributed by atoms with E-state index in [0.29, 0.717) is 18.3 Å². The summed E-state index contributed by atoms with van der Waals surface area (Å²) in [7, 11) is 0. The van der Waals surface area contributed by atoms with Crippen molar-refractivity contribution in [3.8, 4) is 6.07 Å². The van der Waals surface area contributed by atoms with Gasteiger partial charge in [-0.1, -0.05) is 29.8 Å². The topological polar surface area (TPSA) is 40.2 Å². The van der Waals surface area contributed by atoms with Crippen molar-refractivity contribution in [1.82, 2.24) is 0 Å². The van der Waals surface area contributed by atoms with Crippen LogP contribution in [0.5, 0.6) is 0 Å². The van der Waals surface area contributed by atoms with Gasteiger partial charge >= 0.3 is 0 Å². The zero-order chi connectivity index (χ0) is 14.1. The Balaban J connectivity index is 1.96. The van der Waals surface area contributed by atoms with Crippen molar-refractivity contribution in [1.29, 1.82) is 5.26 Å². The largest absolute Gasteiger partial charge is 0.449 e. The van der Waals surface area contributed by atoms with E-state index in [0.717, 1.165) is 5.76 Å². The Kier molecular flexibility index (Phi) is 3.08. The lowest BCUT2D eigenvalue weighted by molar-refractivity contribution is 0.485. The van der Waals surface area contributed by atoms with E-state index in [1.165, 1.54) is 16.8 Å². The molecule has 0 saturated heterocycles. The fourth-order valence-corrected chi connectivity index (χ4v) is 2.60. The molecule has 1 aromatic carbocycles. The first kappa shape index (κ1) is 12.6. The number of furan rings is 1. The van der Waals surface area contributed by atoms with Crippen molar-refractivity contribution in [2.75, 3.05) is 4.90 Å². The first-order valence-electron chi connectivity index (χ1n) is 6.71. The van der Waals surface area contributed by atoms with Crippen LogP contribution in [-0.2, 0) is 6.54 Å². The Morgan fingerprint density at radius 1 is 1.25 bits per heavy atom. The third-order valence-electron chi connectivity index (χ3n) is 3.85. The van der Waals surface area contributed by atoms with Crippen LogP contribution in [-0.4, -0.2) is 6.04 Å². The number of nitriles is 1. The third-order valence-corrected chi connectivity index (χ3v) is 3.85. The number of hydrogen-bond donors (Lipinski definition) is 0. The molecule has 1 unspecified atom stereocenters. The van der Waals surface area contributed by atoms with Crippen molar-refractivity contribution >= 4 is 11.8 Å². The second kappa shape index (κ2) is 4.90. The zero-order valence-corrected chi connectivity index (χ0v) is 11.6. The quantitative estimate of drug-likeness (QED) is 0.824. The van der Waals surface area contributed by atoms with Gasteiger partial charge in [-0.3, -0.25) is 0 Å². The molecule has 0 amide bonds. The highest BCUT2D eigenvalue weighted by atomic mass is 16.3. The lowest BCUT2D eigenvalue weighted by atomic mass is 9.97. The highest BCUT2D eigenvalue weighted by Crippen LogP contribution is 2.33. The van der Waals surface area contributed by atoms with Crippen molar-refractivity contribution in [3.63, 3.8) is 0 Å². The van der Waals surface area contributed by atoms with Crippen LogP contribution in [0.15, 0.2) is 46.4 Å². The molecule has 3 nitrogen and oxygen atoms in total. The van der Waals surface area contributed by atoms with Crippen molar-refractivity contribution in [2.45, 2.75) is 26.4 Å². The minimum atomic E-state index is 0.320. The maximum Gasteiger partial charge on any atom is 0.203 e. The van der Waals surface area contributed by atoms with Crippen molar-refractivity contribution in [2.24, 2.45) is 0 Å². The lowest BCUT2D eigenvalue weighted by Gasteiger charge is -2.36. The molecule has 0 fully saturated rings. The van der Waals surface area contributed by atoms with E-state index in [9.17, 15) is 0 Å². The predicted octanol–water partition coefficient (Wildman–Crippen LogP) is 3.96. The standard InChI is InChI=1S/C17H16N2O/c1-12-9-14-5-3-4-6-17(14)19(13(12)2)11-16-8-7-15(10-18)20-16/h3-9,13H,11H2,1-2H3. The monoisotopic (exact) mass is 264 g/mol. The van der Waals surface area contributed by atoms with Gasteiger partial charge in [-0.2, -0.15) is 5.26 Å². The summed E-state index contributed by atoms with van der Waals surface area (Å²) < 4.78 is 5.51. The molecule has 1 aromatic heterocycles. The van der Waals surface area contributed by atoms with Crippen molar-refractivity contribution in [3.05, 3.63) is 59.1 Å². The number of fused-ring (bicyclic) bond motifs is 1. The zero-order valence-electron chi connectivity index (χ0n) is 11.6. The molecule has 0 radical (unpaired) electrons. The van der Waals surface area contributed by atoms with Gasteiger partial charge in [0.1, 0.15) is 11.8 Å². The van der Waals surface area contributed by atoms with Gasteiger partial charge in [-0.25, -0.2) is 0 Å². The van der Waals surface area contributed by atoms with Gasteiger partial charge in [-0.15, -0.1) is 0 Å². The van der Waals surface area contributed by atoms with Crippen molar-refractivity contribution < 1.29 is 4.42 Å². The second-order valence-electron chi connectivity index (χ2n) is 5.13. The molecule has 2 heterocycles. The number of hydrogen-bond acceptors (Lipinski definition) is 3. The molecule has 3 heteroatoms. The summed E-state index contributed by atoms with van der Waals surface area (Å²) in [6.45, 7) is 5.01. The maximum atomic E-state index is 8.84. The Morgan fingerprint density at radius 2 is 2.05 bits per heavy atom. The minimum absolute atomic E-state index is 0.320. The molecule has 2 aromatic rings. The Labute approximate surface area is 118 Å². The molecule has 0 bridgehead atoms. The van der Waals surface area contributed by atoms with Crippen LogP contribution in [0.4, 0.5) is 5.69 Å². The van der Waals surface area contributed by atoms with Crippen LogP contribution < -0.4 is 4.90 Å². The fraction of sp³-hybridized carbons (Fsp3) is 0.235. The molecule has 1 aliphatic rings. The number of benzene rings is 1. The van der Waals surface area contributed by atoms with E-state index in [-0.39, 0.29) is 0 Å². The van der Waals surface area contributed by atoms with Crippen LogP contribution in [0, 0.1) is 11.3 Å². The van der Waals surface area contributed by atoms with E-state index in [1.807, 2.05) is 12.1 Å². The predicted molar refractivity (Wildman–Crippen MR) is 79.2 cm³/mol. The normalized spacial score (nSPS) is 17.4. The van der Waals surface area contributed by atoms with Gasteiger partial charge in [0, 0.05) is 11.7 Å². The molecule has 0 spiro atoms. The molecule has 0 saturated carbocycles. The third kappa shape index (κ3) is 2.10. The number of para-hydroxylation sites is 1. The van der Waals surface area contributed by atoms with Gasteiger partial charge in [0.15, 0.2) is 0 Å². The van der Waals surface area contributed by atoms with E-state index in [1.54, 1.807) is 6.07 Å². The van der Waals surface area contributed by atoms with Crippen LogP contribution in [0.2, 0.25) is 0 Å². The molecular weight excluding hydrogens is 248 g/mol. The molecule has 1 atom stereocenters. The van der Waals surface area contributed by atoms with Gasteiger partial charge < -0.3 is 9.32 Å². The summed E-state index contributed by atoms with van der Waals surface area (Å²) in [6, 6.07) is 14.3. The Bertz CT molecular complexity index is 706. The molecule has 100 valence electrons. The summed E-state index contributed by atoms with van der Waals surface area (Å²) in [5.74, 6) is 1.18. The summed E-state index contributed by atoms with van der Waals surface area (Å²) in [6.07, 6.45) is 2.24. The SMILES string of the molecule is CC1=Cc2ccccc2N(Cc2ccc(C#N)o2)C1C. The van der Waals surface area contributed by atoms with Gasteiger partial charge in [0.2, 0.25) is 5.76 Å². The molecule has 1 aliphatic heterocycles. The Hall–Kier alpha value is -2.47. The smallest absolute Gasteiger partial charge is 0.203 e. The van der Waals surface area contributed by atoms with Gasteiger partial charge in [0.25, 0.3) is 0 Å². The number of rotatable bonds is 2. The maximum absolute atomic E-state index is 8.84. The van der Waals surface area contributed by atoms with E-state index in [2.05, 4.69) is 49.1 Å². The summed E-state index contributed by atoms with van der Waals surface area (Å²) in [4.78, 5) is 2.31. The summed E-state index contributed by atoms with van der Waals surface area (Å²) in [5, 5.41) is 8.84. The first-order chi connectivity index (χ1) is 9.69. The fourth-order valence-electron chi connectivity index (χ4n) is 2.60. The van der Waals surface area contributed by atoms with Crippen LogP contribution >= 0.6 is 0 Å². The minimum Gasteiger partial charge on any atom is -0.449 e. The lowest BCUT2D eigenvalue weighted by Crippen LogP contribution is -2.35. The van der Waals surface area contributed by atoms with Gasteiger partial charge in [-0.05, 0) is 37.6 Å². The molecule has 0 aliphatic carbocycles. The van der Waals surface area contributed by atoms with E-state index in [4.69, 9.17) is 9.68 Å². The number of nitrogens with zero attached hydrogens (tertiary/aromatic N) is 2. The average Bonchev–Trinajstić information content (AvgIpc) is 2.91. The van der Waals surface area contributed by atoms with Crippen LogP contribution in [0.25, 0.3) is 6.08 Å². The summed E-state index contributed by atoms with van der Waals surface area (Å²) >= 11 is 0. The van der Waals surface area contributed by atoms with Gasteiger partial charge in [0.05, 0.1) is 6.54 Å². The Morgan fingerprint density at radius 3 is 2.80 bits per heavy atom. The van der Waals surface area contributed by atoms with Crippen LogP contribution in [0.3, 0.4) is 0 Å². The first-order valence-corrected chi connectivity index (χ1v) is 6.71.